The van der Waals surface area contributed by atoms with Crippen molar-refractivity contribution in [2.45, 2.75) is 6.92 Å². The summed E-state index contributed by atoms with van der Waals surface area (Å²) in [5, 5.41) is 11.4. The number of rotatable bonds is 2. The fourth-order valence-electron chi connectivity index (χ4n) is 2.37. The molecule has 3 heteroatoms. The smallest absolute Gasteiger partial charge is 0.335 e. The van der Waals surface area contributed by atoms with Crippen LogP contribution in [0, 0.1) is 6.92 Å². The predicted molar refractivity (Wildman–Crippen MR) is 78.9 cm³/mol. The van der Waals surface area contributed by atoms with Gasteiger partial charge in [0.1, 0.15) is 0 Å². The minimum Gasteiger partial charge on any atom is -0.478 e. The summed E-state index contributed by atoms with van der Waals surface area (Å²) in [7, 11) is 0. The Kier molecular flexibility index (Phi) is 2.95. The third-order valence-electron chi connectivity index (χ3n) is 3.45. The topological polar surface area (TPSA) is 50.2 Å². The average molecular weight is 263 g/mol. The van der Waals surface area contributed by atoms with Crippen LogP contribution in [-0.2, 0) is 0 Å². The van der Waals surface area contributed by atoms with Crippen molar-refractivity contribution in [3.8, 4) is 11.1 Å². The first kappa shape index (κ1) is 12.4. The van der Waals surface area contributed by atoms with Crippen molar-refractivity contribution in [2.24, 2.45) is 0 Å². The number of carboxylic acid groups (broad SMARTS) is 1. The molecule has 0 aliphatic heterocycles. The lowest BCUT2D eigenvalue weighted by atomic mass is 9.97. The van der Waals surface area contributed by atoms with Crippen LogP contribution in [0.15, 0.2) is 54.9 Å². The zero-order valence-electron chi connectivity index (χ0n) is 11.0. The van der Waals surface area contributed by atoms with Crippen LogP contribution in [0.2, 0.25) is 0 Å². The van der Waals surface area contributed by atoms with Crippen LogP contribution in [0.1, 0.15) is 15.9 Å². The monoisotopic (exact) mass is 263 g/mol. The van der Waals surface area contributed by atoms with Gasteiger partial charge in [-0.05, 0) is 29.5 Å². The minimum atomic E-state index is -0.905. The highest BCUT2D eigenvalue weighted by atomic mass is 16.4. The molecule has 98 valence electrons. The van der Waals surface area contributed by atoms with E-state index in [-0.39, 0.29) is 0 Å². The van der Waals surface area contributed by atoms with Gasteiger partial charge >= 0.3 is 5.97 Å². The Labute approximate surface area is 116 Å². The maximum absolute atomic E-state index is 11.3. The Morgan fingerprint density at radius 3 is 2.70 bits per heavy atom. The molecule has 1 N–H and O–H groups in total. The molecule has 0 bridgehead atoms. The summed E-state index contributed by atoms with van der Waals surface area (Å²) in [5.41, 5.74) is 2.91. The first-order valence-corrected chi connectivity index (χ1v) is 6.34. The highest BCUT2D eigenvalue weighted by Gasteiger charge is 2.10. The average Bonchev–Trinajstić information content (AvgIpc) is 2.47. The predicted octanol–water partition coefficient (Wildman–Crippen LogP) is 3.91. The minimum absolute atomic E-state index is 0.329. The van der Waals surface area contributed by atoms with Gasteiger partial charge in [0.2, 0.25) is 0 Å². The van der Waals surface area contributed by atoms with Crippen molar-refractivity contribution < 1.29 is 9.90 Å². The number of aromatic nitrogens is 1. The van der Waals surface area contributed by atoms with Gasteiger partial charge in [-0.25, -0.2) is 4.79 Å². The molecule has 2 aromatic carbocycles. The van der Waals surface area contributed by atoms with Crippen molar-refractivity contribution in [2.75, 3.05) is 0 Å². The van der Waals surface area contributed by atoms with Crippen molar-refractivity contribution in [1.29, 1.82) is 0 Å². The molecule has 0 radical (unpaired) electrons. The van der Waals surface area contributed by atoms with E-state index in [2.05, 4.69) is 4.98 Å². The Morgan fingerprint density at radius 1 is 1.10 bits per heavy atom. The largest absolute Gasteiger partial charge is 0.478 e. The van der Waals surface area contributed by atoms with Gasteiger partial charge in [-0.15, -0.1) is 0 Å². The molecule has 0 fully saturated rings. The molecule has 0 saturated carbocycles. The summed E-state index contributed by atoms with van der Waals surface area (Å²) in [6.45, 7) is 1.80. The molecule has 1 aromatic heterocycles. The lowest BCUT2D eigenvalue weighted by Gasteiger charge is -2.08. The molecular formula is C17H13NO2. The number of carbonyl (C=O) groups is 1. The number of benzene rings is 2. The molecule has 0 aliphatic carbocycles. The van der Waals surface area contributed by atoms with E-state index < -0.39 is 5.97 Å². The molecule has 0 spiro atoms. The number of hydrogen-bond acceptors (Lipinski definition) is 2. The van der Waals surface area contributed by atoms with Gasteiger partial charge in [-0.1, -0.05) is 36.4 Å². The second-order valence-corrected chi connectivity index (χ2v) is 4.74. The number of fused-ring (bicyclic) bond motifs is 1. The number of nitrogens with zero attached hydrogens (tertiary/aromatic N) is 1. The van der Waals surface area contributed by atoms with Crippen LogP contribution in [0.5, 0.6) is 0 Å². The third kappa shape index (κ3) is 2.03. The molecular weight excluding hydrogens is 250 g/mol. The second kappa shape index (κ2) is 4.78. The Bertz CT molecular complexity index is 804. The maximum atomic E-state index is 11.3. The van der Waals surface area contributed by atoms with Crippen molar-refractivity contribution in [3.05, 3.63) is 66.0 Å². The van der Waals surface area contributed by atoms with Crippen LogP contribution in [0.3, 0.4) is 0 Å². The zero-order chi connectivity index (χ0) is 14.1. The molecule has 0 saturated heterocycles. The molecule has 0 unspecified atom stereocenters. The van der Waals surface area contributed by atoms with Crippen LogP contribution in [-0.4, -0.2) is 16.1 Å². The second-order valence-electron chi connectivity index (χ2n) is 4.74. The van der Waals surface area contributed by atoms with E-state index in [1.54, 1.807) is 19.2 Å². The van der Waals surface area contributed by atoms with Gasteiger partial charge in [0.15, 0.2) is 0 Å². The third-order valence-corrected chi connectivity index (χ3v) is 3.45. The van der Waals surface area contributed by atoms with Crippen LogP contribution in [0.25, 0.3) is 21.9 Å². The molecule has 20 heavy (non-hydrogen) atoms. The maximum Gasteiger partial charge on any atom is 0.335 e. The van der Waals surface area contributed by atoms with Gasteiger partial charge < -0.3 is 5.11 Å². The molecule has 3 aromatic rings. The summed E-state index contributed by atoms with van der Waals surface area (Å²) in [6.07, 6.45) is 3.59. The quantitative estimate of drug-likeness (QED) is 0.762. The summed E-state index contributed by atoms with van der Waals surface area (Å²) in [4.78, 5) is 15.5. The van der Waals surface area contributed by atoms with Gasteiger partial charge in [0, 0.05) is 23.3 Å². The van der Waals surface area contributed by atoms with E-state index in [0.29, 0.717) is 5.56 Å². The molecule has 3 nitrogen and oxygen atoms in total. The Morgan fingerprint density at radius 2 is 1.90 bits per heavy atom. The Hall–Kier alpha value is -2.68. The number of carboxylic acids is 1. The standard InChI is InChI=1S/C17H13NO2/c1-11-6-7-12(8-15(11)17(19)20)16-10-18-9-13-4-2-3-5-14(13)16/h2-10H,1H3,(H,19,20). The van der Waals surface area contributed by atoms with Crippen molar-refractivity contribution in [3.63, 3.8) is 0 Å². The molecule has 0 atom stereocenters. The lowest BCUT2D eigenvalue weighted by Crippen LogP contribution is -1.99. The fourth-order valence-corrected chi connectivity index (χ4v) is 2.37. The van der Waals surface area contributed by atoms with Crippen LogP contribution in [0.4, 0.5) is 0 Å². The molecule has 0 amide bonds. The number of aryl methyl sites for hydroxylation is 1. The number of aromatic carboxylic acids is 1. The van der Waals surface area contributed by atoms with E-state index in [4.69, 9.17) is 0 Å². The lowest BCUT2D eigenvalue weighted by molar-refractivity contribution is 0.0696. The van der Waals surface area contributed by atoms with E-state index in [0.717, 1.165) is 27.5 Å². The van der Waals surface area contributed by atoms with E-state index in [9.17, 15) is 9.90 Å². The van der Waals surface area contributed by atoms with E-state index >= 15 is 0 Å². The number of pyridine rings is 1. The number of hydrogen-bond donors (Lipinski definition) is 1. The van der Waals surface area contributed by atoms with Crippen molar-refractivity contribution >= 4 is 16.7 Å². The first-order chi connectivity index (χ1) is 9.66. The summed E-state index contributed by atoms with van der Waals surface area (Å²) >= 11 is 0. The molecule has 0 aliphatic rings. The van der Waals surface area contributed by atoms with Gasteiger partial charge in [0.25, 0.3) is 0 Å². The van der Waals surface area contributed by atoms with Crippen LogP contribution >= 0.6 is 0 Å². The summed E-state index contributed by atoms with van der Waals surface area (Å²) in [5.74, 6) is -0.905. The highest BCUT2D eigenvalue weighted by Crippen LogP contribution is 2.28. The summed E-state index contributed by atoms with van der Waals surface area (Å²) < 4.78 is 0. The van der Waals surface area contributed by atoms with E-state index in [1.165, 1.54) is 0 Å². The SMILES string of the molecule is Cc1ccc(-c2cncc3ccccc23)cc1C(=O)O. The fraction of sp³-hybridized carbons (Fsp3) is 0.0588. The molecule has 3 rings (SSSR count). The highest BCUT2D eigenvalue weighted by molar-refractivity contribution is 5.98. The normalized spacial score (nSPS) is 10.7. The van der Waals surface area contributed by atoms with Crippen molar-refractivity contribution in [1.82, 2.24) is 4.98 Å². The van der Waals surface area contributed by atoms with Gasteiger partial charge in [-0.3, -0.25) is 4.98 Å². The zero-order valence-corrected chi connectivity index (χ0v) is 11.0. The van der Waals surface area contributed by atoms with Crippen LogP contribution < -0.4 is 0 Å². The Balaban J connectivity index is 2.26. The first-order valence-electron chi connectivity index (χ1n) is 6.34. The summed E-state index contributed by atoms with van der Waals surface area (Å²) in [6, 6.07) is 13.4. The van der Waals surface area contributed by atoms with E-state index in [1.807, 2.05) is 42.6 Å². The molecule has 1 heterocycles. The van der Waals surface area contributed by atoms with Gasteiger partial charge in [-0.2, -0.15) is 0 Å². The van der Waals surface area contributed by atoms with Gasteiger partial charge in [0.05, 0.1) is 5.56 Å².